The third-order valence-electron chi connectivity index (χ3n) is 4.31. The zero-order valence-electron chi connectivity index (χ0n) is 15.9. The van der Waals surface area contributed by atoms with Gasteiger partial charge in [0, 0.05) is 0 Å². The number of hydrogen-bond donors (Lipinski definition) is 2. The lowest BCUT2D eigenvalue weighted by molar-refractivity contribution is -0.143. The predicted molar refractivity (Wildman–Crippen MR) is 100.0 cm³/mol. The molecule has 3 amide bonds. The van der Waals surface area contributed by atoms with Crippen molar-refractivity contribution in [3.63, 3.8) is 0 Å². The van der Waals surface area contributed by atoms with E-state index >= 15 is 0 Å². The number of amides is 3. The van der Waals surface area contributed by atoms with Crippen LogP contribution in [0.3, 0.4) is 0 Å². The molecule has 1 aromatic rings. The highest BCUT2D eigenvalue weighted by molar-refractivity contribution is 6.12. The molecule has 0 spiro atoms. The van der Waals surface area contributed by atoms with E-state index in [1.807, 2.05) is 27.7 Å². The third-order valence-corrected chi connectivity index (χ3v) is 4.31. The highest BCUT2D eigenvalue weighted by Gasteiger charge is 2.39. The Kier molecular flexibility index (Phi) is 6.23. The molecule has 1 heterocycles. The summed E-state index contributed by atoms with van der Waals surface area (Å²) in [6.45, 7) is 7.68. The van der Waals surface area contributed by atoms with Crippen LogP contribution >= 0.6 is 0 Å². The van der Waals surface area contributed by atoms with Crippen molar-refractivity contribution in [2.24, 2.45) is 11.8 Å². The Morgan fingerprint density at radius 3 is 2.46 bits per heavy atom. The Hall–Kier alpha value is -2.57. The number of urea groups is 1. The fourth-order valence-corrected chi connectivity index (χ4v) is 3.15. The van der Waals surface area contributed by atoms with Gasteiger partial charge in [0.25, 0.3) is 0 Å². The van der Waals surface area contributed by atoms with Crippen molar-refractivity contribution in [3.05, 3.63) is 24.3 Å². The van der Waals surface area contributed by atoms with Gasteiger partial charge in [-0.05, 0) is 30.4 Å². The Morgan fingerprint density at radius 1 is 1.23 bits per heavy atom. The molecule has 0 aromatic heterocycles. The number of nitrogens with zero attached hydrogens (tertiary/aromatic N) is 1. The summed E-state index contributed by atoms with van der Waals surface area (Å²) < 4.78 is 4.81. The lowest BCUT2D eigenvalue weighted by Gasteiger charge is -2.39. The molecule has 0 bridgehead atoms. The highest BCUT2D eigenvalue weighted by Crippen LogP contribution is 2.34. The van der Waals surface area contributed by atoms with Gasteiger partial charge < -0.3 is 15.4 Å². The maximum Gasteiger partial charge on any atom is 0.328 e. The Morgan fingerprint density at radius 2 is 1.88 bits per heavy atom. The highest BCUT2D eigenvalue weighted by atomic mass is 16.5. The lowest BCUT2D eigenvalue weighted by atomic mass is 9.97. The van der Waals surface area contributed by atoms with Gasteiger partial charge in [0.2, 0.25) is 5.91 Å². The zero-order chi connectivity index (χ0) is 19.4. The molecule has 0 unspecified atom stereocenters. The second-order valence-corrected chi connectivity index (χ2v) is 7.22. The van der Waals surface area contributed by atoms with Gasteiger partial charge >= 0.3 is 12.0 Å². The number of carbonyl (C=O) groups excluding carboxylic acids is 3. The van der Waals surface area contributed by atoms with Crippen molar-refractivity contribution < 1.29 is 19.1 Å². The van der Waals surface area contributed by atoms with E-state index in [1.165, 1.54) is 12.0 Å². The first-order chi connectivity index (χ1) is 12.3. The second-order valence-electron chi connectivity index (χ2n) is 7.22. The zero-order valence-corrected chi connectivity index (χ0v) is 15.9. The Bertz CT molecular complexity index is 687. The van der Waals surface area contributed by atoms with Crippen LogP contribution in [-0.4, -0.2) is 37.1 Å². The van der Waals surface area contributed by atoms with Crippen molar-refractivity contribution in [1.29, 1.82) is 0 Å². The van der Waals surface area contributed by atoms with Crippen LogP contribution in [0.1, 0.15) is 34.1 Å². The summed E-state index contributed by atoms with van der Waals surface area (Å²) in [5.41, 5.74) is 1.18. The molecule has 0 saturated heterocycles. The molecule has 26 heavy (non-hydrogen) atoms. The van der Waals surface area contributed by atoms with E-state index in [4.69, 9.17) is 4.74 Å². The normalized spacial score (nSPS) is 17.6. The summed E-state index contributed by atoms with van der Waals surface area (Å²) in [5.74, 6) is -0.650. The number of fused-ring (bicyclic) bond motifs is 1. The van der Waals surface area contributed by atoms with Gasteiger partial charge in [0.05, 0.1) is 18.5 Å². The number of anilines is 2. The molecule has 0 aliphatic carbocycles. The Balaban J connectivity index is 2.36. The smallest absolute Gasteiger partial charge is 0.328 e. The molecule has 1 aliphatic heterocycles. The molecule has 2 atom stereocenters. The Labute approximate surface area is 154 Å². The minimum absolute atomic E-state index is 0.101. The number of para-hydroxylation sites is 2. The van der Waals surface area contributed by atoms with Crippen molar-refractivity contribution in [3.8, 4) is 0 Å². The molecule has 0 radical (unpaired) electrons. The fourth-order valence-electron chi connectivity index (χ4n) is 3.15. The van der Waals surface area contributed by atoms with Gasteiger partial charge in [-0.15, -0.1) is 0 Å². The number of rotatable bonds is 5. The van der Waals surface area contributed by atoms with E-state index in [-0.39, 0.29) is 17.7 Å². The summed E-state index contributed by atoms with van der Waals surface area (Å²) in [6.07, 6.45) is 0.451. The van der Waals surface area contributed by atoms with Gasteiger partial charge in [0.1, 0.15) is 12.1 Å². The summed E-state index contributed by atoms with van der Waals surface area (Å²) in [7, 11) is 1.29. The molecule has 0 fully saturated rings. The molecule has 1 aromatic carbocycles. The number of nitrogens with one attached hydrogen (secondary N) is 2. The first-order valence-electron chi connectivity index (χ1n) is 8.83. The maximum atomic E-state index is 13.1. The van der Waals surface area contributed by atoms with Gasteiger partial charge in [-0.2, -0.15) is 0 Å². The molecule has 7 heteroatoms. The second kappa shape index (κ2) is 8.21. The van der Waals surface area contributed by atoms with Crippen molar-refractivity contribution >= 4 is 29.3 Å². The van der Waals surface area contributed by atoms with Gasteiger partial charge in [-0.3, -0.25) is 9.69 Å². The molecule has 0 saturated carbocycles. The van der Waals surface area contributed by atoms with E-state index in [1.54, 1.807) is 24.3 Å². The topological polar surface area (TPSA) is 87.7 Å². The number of methoxy groups -OCH3 is 1. The number of esters is 1. The van der Waals surface area contributed by atoms with Gasteiger partial charge in [-0.25, -0.2) is 9.59 Å². The van der Waals surface area contributed by atoms with Crippen LogP contribution in [0.5, 0.6) is 0 Å². The lowest BCUT2D eigenvalue weighted by Crippen LogP contribution is -2.58. The fraction of sp³-hybridized carbons (Fsp3) is 0.526. The van der Waals surface area contributed by atoms with Crippen LogP contribution in [0.4, 0.5) is 16.2 Å². The van der Waals surface area contributed by atoms with E-state index in [9.17, 15) is 14.4 Å². The van der Waals surface area contributed by atoms with Gasteiger partial charge in [0.15, 0.2) is 0 Å². The largest absolute Gasteiger partial charge is 0.467 e. The van der Waals surface area contributed by atoms with Crippen LogP contribution in [-0.2, 0) is 14.3 Å². The average Bonchev–Trinajstić information content (AvgIpc) is 2.58. The predicted octanol–water partition coefficient (Wildman–Crippen LogP) is 2.77. The molecule has 7 nitrogen and oxygen atoms in total. The van der Waals surface area contributed by atoms with Crippen LogP contribution in [0, 0.1) is 11.8 Å². The molecule has 2 N–H and O–H groups in total. The van der Waals surface area contributed by atoms with Crippen LogP contribution in [0.2, 0.25) is 0 Å². The van der Waals surface area contributed by atoms with Crippen LogP contribution < -0.4 is 15.5 Å². The van der Waals surface area contributed by atoms with Gasteiger partial charge in [-0.1, -0.05) is 39.8 Å². The summed E-state index contributed by atoms with van der Waals surface area (Å²) >= 11 is 0. The quantitative estimate of drug-likeness (QED) is 0.790. The molecular weight excluding hydrogens is 334 g/mol. The summed E-state index contributed by atoms with van der Waals surface area (Å²) in [5, 5.41) is 5.59. The molecule has 2 rings (SSSR count). The SMILES string of the molecule is COC(=O)[C@H](CC(C)C)NC(=O)N1c2ccccc2NC(=O)[C@H]1C(C)C. The minimum Gasteiger partial charge on any atom is -0.467 e. The third kappa shape index (κ3) is 4.15. The van der Waals surface area contributed by atoms with Crippen LogP contribution in [0.25, 0.3) is 0 Å². The molecule has 142 valence electrons. The summed E-state index contributed by atoms with van der Waals surface area (Å²) in [6, 6.07) is 5.21. The minimum atomic E-state index is -0.766. The van der Waals surface area contributed by atoms with E-state index in [0.717, 1.165) is 0 Å². The number of ether oxygens (including phenoxy) is 1. The van der Waals surface area contributed by atoms with Crippen LogP contribution in [0.15, 0.2) is 24.3 Å². The first kappa shape index (κ1) is 19.8. The molecular formula is C19H27N3O4. The summed E-state index contributed by atoms with van der Waals surface area (Å²) in [4.78, 5) is 39.1. The standard InChI is InChI=1S/C19H27N3O4/c1-11(2)10-14(18(24)26-5)21-19(25)22-15-9-7-6-8-13(15)20-17(23)16(22)12(3)4/h6-9,11-12,14,16H,10H2,1-5H3,(H,20,23)(H,21,25)/t14-,16+/m0/s1. The number of benzene rings is 1. The monoisotopic (exact) mass is 361 g/mol. The van der Waals surface area contributed by atoms with Crippen molar-refractivity contribution in [1.82, 2.24) is 5.32 Å². The first-order valence-corrected chi connectivity index (χ1v) is 8.83. The van der Waals surface area contributed by atoms with Crippen molar-refractivity contribution in [2.75, 3.05) is 17.3 Å². The average molecular weight is 361 g/mol. The number of hydrogen-bond acceptors (Lipinski definition) is 4. The van der Waals surface area contributed by atoms with E-state index < -0.39 is 24.1 Å². The van der Waals surface area contributed by atoms with E-state index in [0.29, 0.717) is 17.8 Å². The molecule has 1 aliphatic rings. The van der Waals surface area contributed by atoms with Crippen molar-refractivity contribution in [2.45, 2.75) is 46.2 Å². The number of carbonyl (C=O) groups is 3. The maximum absolute atomic E-state index is 13.1. The van der Waals surface area contributed by atoms with E-state index in [2.05, 4.69) is 10.6 Å².